The van der Waals surface area contributed by atoms with Gasteiger partial charge in [-0.3, -0.25) is 9.69 Å². The molecule has 2 aliphatic rings. The maximum Gasteiger partial charge on any atom is 0.236 e. The Kier molecular flexibility index (Phi) is 5.75. The van der Waals surface area contributed by atoms with E-state index in [2.05, 4.69) is 15.2 Å². The third kappa shape index (κ3) is 3.94. The summed E-state index contributed by atoms with van der Waals surface area (Å²) in [4.78, 5) is 20.6. The molecular weight excluding hydrogens is 449 g/mol. The average Bonchev–Trinajstić information content (AvgIpc) is 3.28. The van der Waals surface area contributed by atoms with Gasteiger partial charge >= 0.3 is 0 Å². The van der Waals surface area contributed by atoms with Crippen molar-refractivity contribution in [3.63, 3.8) is 0 Å². The Labute approximate surface area is 194 Å². The van der Waals surface area contributed by atoms with Crippen LogP contribution in [0.15, 0.2) is 54.7 Å². The van der Waals surface area contributed by atoms with Gasteiger partial charge in [0.15, 0.2) is 5.13 Å². The van der Waals surface area contributed by atoms with Crippen LogP contribution >= 0.6 is 22.9 Å². The highest BCUT2D eigenvalue weighted by Crippen LogP contribution is 2.50. The van der Waals surface area contributed by atoms with Crippen LogP contribution in [0.1, 0.15) is 41.3 Å². The fourth-order valence-corrected chi connectivity index (χ4v) is 5.71. The van der Waals surface area contributed by atoms with E-state index in [0.29, 0.717) is 41.5 Å². The van der Waals surface area contributed by atoms with E-state index in [-0.39, 0.29) is 23.9 Å². The van der Waals surface area contributed by atoms with E-state index < -0.39 is 5.41 Å². The first-order chi connectivity index (χ1) is 15.5. The Morgan fingerprint density at radius 3 is 2.69 bits per heavy atom. The number of carbonyl (C=O) groups excluding carboxylic acids is 1. The van der Waals surface area contributed by atoms with E-state index in [1.165, 1.54) is 17.4 Å². The predicted octanol–water partition coefficient (Wildman–Crippen LogP) is 4.76. The van der Waals surface area contributed by atoms with Gasteiger partial charge in [-0.05, 0) is 37.0 Å². The summed E-state index contributed by atoms with van der Waals surface area (Å²) in [7, 11) is 0. The van der Waals surface area contributed by atoms with Crippen molar-refractivity contribution in [3.8, 4) is 0 Å². The zero-order valence-electron chi connectivity index (χ0n) is 17.3. The number of aromatic nitrogens is 1. The van der Waals surface area contributed by atoms with Crippen LogP contribution in [0.2, 0.25) is 5.02 Å². The number of aliphatic hydroxyl groups is 1. The molecule has 1 aliphatic heterocycles. The minimum atomic E-state index is -0.821. The van der Waals surface area contributed by atoms with Crippen molar-refractivity contribution in [2.24, 2.45) is 0 Å². The Morgan fingerprint density at radius 1 is 1.25 bits per heavy atom. The molecule has 5 nitrogen and oxygen atoms in total. The highest BCUT2D eigenvalue weighted by atomic mass is 35.5. The molecule has 1 amide bonds. The molecule has 1 aromatic heterocycles. The molecule has 2 fully saturated rings. The highest BCUT2D eigenvalue weighted by Gasteiger charge is 2.53. The second-order valence-electron chi connectivity index (χ2n) is 8.45. The third-order valence-corrected chi connectivity index (χ3v) is 7.66. The molecule has 2 atom stereocenters. The predicted molar refractivity (Wildman–Crippen MR) is 124 cm³/mol. The maximum absolute atomic E-state index is 14.3. The number of nitrogens with zero attached hydrogens (tertiary/aromatic N) is 2. The monoisotopic (exact) mass is 471 g/mol. The third-order valence-electron chi connectivity index (χ3n) is 6.35. The second-order valence-corrected chi connectivity index (χ2v) is 9.91. The molecule has 166 valence electrons. The first kappa shape index (κ1) is 21.5. The van der Waals surface area contributed by atoms with E-state index in [1.807, 2.05) is 24.3 Å². The quantitative estimate of drug-likeness (QED) is 0.544. The molecule has 32 heavy (non-hydrogen) atoms. The number of hydrogen-bond donors (Lipinski definition) is 2. The van der Waals surface area contributed by atoms with Crippen LogP contribution in [0.4, 0.5) is 9.52 Å². The summed E-state index contributed by atoms with van der Waals surface area (Å²) in [6.45, 7) is 1.29. The summed E-state index contributed by atoms with van der Waals surface area (Å²) in [5, 5.41) is 14.1. The molecule has 0 spiro atoms. The second kappa shape index (κ2) is 8.56. The molecular formula is C24H23ClFN3O2S. The molecule has 2 heterocycles. The van der Waals surface area contributed by atoms with Crippen molar-refractivity contribution in [2.45, 2.75) is 36.8 Å². The summed E-state index contributed by atoms with van der Waals surface area (Å²) in [5.41, 5.74) is 0.558. The number of hydrogen-bond acceptors (Lipinski definition) is 5. The fraction of sp³-hybridized carbons (Fsp3) is 0.333. The number of rotatable bonds is 6. The van der Waals surface area contributed by atoms with E-state index in [0.717, 1.165) is 17.0 Å². The van der Waals surface area contributed by atoms with Crippen molar-refractivity contribution in [1.29, 1.82) is 0 Å². The Hall–Kier alpha value is -2.32. The molecule has 0 radical (unpaired) electrons. The standard InChI is InChI=1S/C24H23ClFN3O2S/c25-18-7-3-1-5-16(18)21(29-12-9-15(30)14-29)20-13-27-23(32-20)28-22(31)24(10-11-24)17-6-2-4-8-19(17)26/h1-8,13,15,21,30H,9-12,14H2,(H,27,28,31)/t15-,21?/m1/s1. The lowest BCUT2D eigenvalue weighted by Gasteiger charge is -2.27. The van der Waals surface area contributed by atoms with Gasteiger partial charge in [0.25, 0.3) is 0 Å². The molecule has 1 saturated carbocycles. The van der Waals surface area contributed by atoms with Crippen LogP contribution in [0.3, 0.4) is 0 Å². The van der Waals surface area contributed by atoms with E-state index in [1.54, 1.807) is 24.4 Å². The molecule has 2 aromatic carbocycles. The van der Waals surface area contributed by atoms with Crippen molar-refractivity contribution < 1.29 is 14.3 Å². The van der Waals surface area contributed by atoms with Crippen LogP contribution in [-0.2, 0) is 10.2 Å². The van der Waals surface area contributed by atoms with Crippen LogP contribution < -0.4 is 5.32 Å². The molecule has 2 N–H and O–H groups in total. The number of thiazole rings is 1. The zero-order chi connectivity index (χ0) is 22.3. The summed E-state index contributed by atoms with van der Waals surface area (Å²) < 4.78 is 14.3. The summed E-state index contributed by atoms with van der Waals surface area (Å²) in [6.07, 6.45) is 3.32. The van der Waals surface area contributed by atoms with Crippen molar-refractivity contribution in [1.82, 2.24) is 9.88 Å². The minimum absolute atomic E-state index is 0.162. The van der Waals surface area contributed by atoms with Crippen molar-refractivity contribution >= 4 is 34.0 Å². The number of benzene rings is 2. The van der Waals surface area contributed by atoms with Gasteiger partial charge in [-0.15, -0.1) is 0 Å². The number of amides is 1. The molecule has 8 heteroatoms. The Balaban J connectivity index is 1.41. The van der Waals surface area contributed by atoms with Crippen LogP contribution in [-0.4, -0.2) is 40.1 Å². The summed E-state index contributed by atoms with van der Waals surface area (Å²) in [6, 6.07) is 14.0. The molecule has 3 aromatic rings. The van der Waals surface area contributed by atoms with Crippen molar-refractivity contribution in [2.75, 3.05) is 18.4 Å². The molecule has 5 rings (SSSR count). The average molecular weight is 472 g/mol. The summed E-state index contributed by atoms with van der Waals surface area (Å²) in [5.74, 6) is -0.583. The van der Waals surface area contributed by atoms with Gasteiger partial charge in [-0.1, -0.05) is 59.3 Å². The van der Waals surface area contributed by atoms with Crippen molar-refractivity contribution in [3.05, 3.63) is 81.6 Å². The number of likely N-dealkylation sites (tertiary alicyclic amines) is 1. The SMILES string of the molecule is O=C(Nc1ncc(C(c2ccccc2Cl)N2CC[C@@H](O)C2)s1)C1(c2ccccc2F)CC1. The maximum atomic E-state index is 14.3. The van der Waals surface area contributed by atoms with E-state index >= 15 is 0 Å². The molecule has 1 aliphatic carbocycles. The molecule has 1 unspecified atom stereocenters. The highest BCUT2D eigenvalue weighted by molar-refractivity contribution is 7.15. The lowest BCUT2D eigenvalue weighted by atomic mass is 9.94. The number of nitrogens with one attached hydrogen (secondary N) is 1. The zero-order valence-corrected chi connectivity index (χ0v) is 18.9. The minimum Gasteiger partial charge on any atom is -0.392 e. The fourth-order valence-electron chi connectivity index (χ4n) is 4.51. The van der Waals surface area contributed by atoms with Gasteiger partial charge < -0.3 is 10.4 Å². The normalized spacial score (nSPS) is 20.8. The number of anilines is 1. The molecule has 0 bridgehead atoms. The first-order valence-corrected chi connectivity index (χ1v) is 11.9. The van der Waals surface area contributed by atoms with E-state index in [4.69, 9.17) is 11.6 Å². The van der Waals surface area contributed by atoms with Gasteiger partial charge in [0.2, 0.25) is 5.91 Å². The van der Waals surface area contributed by atoms with Gasteiger partial charge in [0.1, 0.15) is 5.82 Å². The smallest absolute Gasteiger partial charge is 0.236 e. The van der Waals surface area contributed by atoms with Gasteiger partial charge in [-0.25, -0.2) is 9.37 Å². The van der Waals surface area contributed by atoms with Crippen LogP contribution in [0.5, 0.6) is 0 Å². The van der Waals surface area contributed by atoms with Gasteiger partial charge in [-0.2, -0.15) is 0 Å². The Morgan fingerprint density at radius 2 is 2.00 bits per heavy atom. The largest absolute Gasteiger partial charge is 0.392 e. The van der Waals surface area contributed by atoms with Gasteiger partial charge in [0.05, 0.1) is 17.6 Å². The first-order valence-electron chi connectivity index (χ1n) is 10.7. The van der Waals surface area contributed by atoms with E-state index in [9.17, 15) is 14.3 Å². The van der Waals surface area contributed by atoms with Gasteiger partial charge in [0, 0.05) is 34.7 Å². The van der Waals surface area contributed by atoms with Crippen LogP contribution in [0.25, 0.3) is 0 Å². The molecule has 1 saturated heterocycles. The lowest BCUT2D eigenvalue weighted by Crippen LogP contribution is -2.28. The Bertz CT molecular complexity index is 1150. The topological polar surface area (TPSA) is 65.5 Å². The lowest BCUT2D eigenvalue weighted by molar-refractivity contribution is -0.118. The number of carbonyl (C=O) groups is 1. The number of aliphatic hydroxyl groups excluding tert-OH is 1. The number of β-amino-alcohol motifs (C(OH)–C–C–N with tert-alkyl or cyclic N) is 1. The summed E-state index contributed by atoms with van der Waals surface area (Å²) >= 11 is 7.90. The number of halogens is 2. The van der Waals surface area contributed by atoms with Crippen LogP contribution in [0, 0.1) is 5.82 Å².